The van der Waals surface area contributed by atoms with Crippen molar-refractivity contribution in [1.29, 1.82) is 0 Å². The zero-order valence-corrected chi connectivity index (χ0v) is 10.4. The molecule has 0 saturated carbocycles. The second kappa shape index (κ2) is 10.0. The molecule has 0 heterocycles. The molecule has 0 aliphatic carbocycles. The average Bonchev–Trinajstić information content (AvgIpc) is 2.27. The van der Waals surface area contributed by atoms with Gasteiger partial charge in [0.05, 0.1) is 25.7 Å². The molecule has 1 atom stereocenters. The number of rotatable bonds is 9. The van der Waals surface area contributed by atoms with Crippen molar-refractivity contribution in [1.82, 2.24) is 5.32 Å². The Morgan fingerprint density at radius 1 is 1.35 bits per heavy atom. The van der Waals surface area contributed by atoms with E-state index in [0.717, 1.165) is 0 Å². The first-order chi connectivity index (χ1) is 8.13. The second-order valence-electron chi connectivity index (χ2n) is 3.54. The smallest absolute Gasteiger partial charge is 0.306 e. The van der Waals surface area contributed by atoms with Crippen molar-refractivity contribution in [2.45, 2.75) is 32.2 Å². The summed E-state index contributed by atoms with van der Waals surface area (Å²) in [5.41, 5.74) is 0. The molecule has 17 heavy (non-hydrogen) atoms. The fraction of sp³-hybridized carbons (Fsp3) is 0.818. The summed E-state index contributed by atoms with van der Waals surface area (Å²) in [6.45, 7) is 2.35. The monoisotopic (exact) mass is 247 g/mol. The van der Waals surface area contributed by atoms with Crippen LogP contribution in [0.25, 0.3) is 0 Å². The van der Waals surface area contributed by atoms with Gasteiger partial charge in [-0.2, -0.15) is 0 Å². The molecule has 0 radical (unpaired) electrons. The third-order valence-corrected chi connectivity index (χ3v) is 2.07. The lowest BCUT2D eigenvalue weighted by Gasteiger charge is -2.16. The van der Waals surface area contributed by atoms with Crippen molar-refractivity contribution >= 4 is 11.9 Å². The highest BCUT2D eigenvalue weighted by Crippen LogP contribution is 1.97. The van der Waals surface area contributed by atoms with Crippen LogP contribution in [0.15, 0.2) is 0 Å². The van der Waals surface area contributed by atoms with Crippen molar-refractivity contribution in [2.75, 3.05) is 26.9 Å². The molecule has 1 amide bonds. The molecule has 0 aliphatic rings. The molecule has 0 aromatic heterocycles. The maximum atomic E-state index is 11.5. The molecule has 6 nitrogen and oxygen atoms in total. The molecule has 0 fully saturated rings. The second-order valence-corrected chi connectivity index (χ2v) is 3.54. The number of carbonyl (C=O) groups is 2. The molecule has 1 unspecified atom stereocenters. The zero-order chi connectivity index (χ0) is 13.1. The van der Waals surface area contributed by atoms with Gasteiger partial charge >= 0.3 is 5.97 Å². The Morgan fingerprint density at radius 2 is 2.06 bits per heavy atom. The fourth-order valence-electron chi connectivity index (χ4n) is 1.30. The van der Waals surface area contributed by atoms with Gasteiger partial charge in [0.25, 0.3) is 0 Å². The SMILES string of the molecule is CCOC(=O)CCC(=O)NC(CCO)COC. The maximum absolute atomic E-state index is 11.5. The highest BCUT2D eigenvalue weighted by Gasteiger charge is 2.13. The number of hydrogen-bond acceptors (Lipinski definition) is 5. The van der Waals surface area contributed by atoms with Gasteiger partial charge < -0.3 is 19.9 Å². The van der Waals surface area contributed by atoms with Gasteiger partial charge in [0.1, 0.15) is 0 Å². The Labute approximate surface area is 101 Å². The van der Waals surface area contributed by atoms with Crippen LogP contribution in [0.3, 0.4) is 0 Å². The van der Waals surface area contributed by atoms with E-state index in [4.69, 9.17) is 14.6 Å². The van der Waals surface area contributed by atoms with E-state index >= 15 is 0 Å². The zero-order valence-electron chi connectivity index (χ0n) is 10.4. The minimum atomic E-state index is -0.381. The number of amides is 1. The van der Waals surface area contributed by atoms with Crippen LogP contribution in [0, 0.1) is 0 Å². The van der Waals surface area contributed by atoms with Crippen molar-refractivity contribution < 1.29 is 24.2 Å². The summed E-state index contributed by atoms with van der Waals surface area (Å²) in [6.07, 6.45) is 0.585. The number of esters is 1. The number of carbonyl (C=O) groups excluding carboxylic acids is 2. The van der Waals surface area contributed by atoms with E-state index in [1.807, 2.05) is 0 Å². The van der Waals surface area contributed by atoms with E-state index in [9.17, 15) is 9.59 Å². The molecule has 0 aromatic carbocycles. The van der Waals surface area contributed by atoms with Crippen LogP contribution in [0.4, 0.5) is 0 Å². The highest BCUT2D eigenvalue weighted by atomic mass is 16.5. The van der Waals surface area contributed by atoms with Gasteiger partial charge in [0.2, 0.25) is 5.91 Å². The minimum Gasteiger partial charge on any atom is -0.466 e. The van der Waals surface area contributed by atoms with Crippen LogP contribution in [-0.4, -0.2) is 50.0 Å². The minimum absolute atomic E-state index is 0.0216. The Kier molecular flexibility index (Phi) is 9.37. The molecule has 2 N–H and O–H groups in total. The van der Waals surface area contributed by atoms with Crippen molar-refractivity contribution in [3.8, 4) is 0 Å². The topological polar surface area (TPSA) is 84.9 Å². The van der Waals surface area contributed by atoms with Crippen LogP contribution in [0.2, 0.25) is 0 Å². The molecule has 0 aliphatic heterocycles. The van der Waals surface area contributed by atoms with E-state index in [1.54, 1.807) is 6.92 Å². The molecule has 6 heteroatoms. The van der Waals surface area contributed by atoms with Crippen molar-refractivity contribution in [2.24, 2.45) is 0 Å². The number of aliphatic hydroxyl groups excluding tert-OH is 1. The summed E-state index contributed by atoms with van der Waals surface area (Å²) >= 11 is 0. The van der Waals surface area contributed by atoms with E-state index in [-0.39, 0.29) is 37.4 Å². The van der Waals surface area contributed by atoms with Gasteiger partial charge in [-0.15, -0.1) is 0 Å². The third kappa shape index (κ3) is 8.65. The Hall–Kier alpha value is -1.14. The molecular weight excluding hydrogens is 226 g/mol. The number of aliphatic hydroxyl groups is 1. The normalized spacial score (nSPS) is 11.9. The van der Waals surface area contributed by atoms with E-state index < -0.39 is 0 Å². The summed E-state index contributed by atoms with van der Waals surface area (Å²) in [6, 6.07) is -0.223. The quantitative estimate of drug-likeness (QED) is 0.553. The van der Waals surface area contributed by atoms with Crippen LogP contribution < -0.4 is 5.32 Å². The Bertz CT molecular complexity index is 226. The summed E-state index contributed by atoms with van der Waals surface area (Å²) in [4.78, 5) is 22.5. The Morgan fingerprint density at radius 3 is 2.59 bits per heavy atom. The van der Waals surface area contributed by atoms with Crippen LogP contribution in [0.1, 0.15) is 26.2 Å². The summed E-state index contributed by atoms with van der Waals surface area (Å²) in [5.74, 6) is -0.623. The number of hydrogen-bond donors (Lipinski definition) is 2. The molecule has 100 valence electrons. The van der Waals surface area contributed by atoms with Gasteiger partial charge in [0.15, 0.2) is 0 Å². The van der Waals surface area contributed by atoms with Gasteiger partial charge in [-0.3, -0.25) is 9.59 Å². The number of ether oxygens (including phenoxy) is 2. The molecule has 0 bridgehead atoms. The lowest BCUT2D eigenvalue weighted by atomic mass is 10.2. The first-order valence-corrected chi connectivity index (χ1v) is 5.68. The van der Waals surface area contributed by atoms with Crippen molar-refractivity contribution in [3.63, 3.8) is 0 Å². The molecule has 0 aromatic rings. The maximum Gasteiger partial charge on any atom is 0.306 e. The van der Waals surface area contributed by atoms with E-state index in [0.29, 0.717) is 19.6 Å². The average molecular weight is 247 g/mol. The van der Waals surface area contributed by atoms with E-state index in [1.165, 1.54) is 7.11 Å². The summed E-state index contributed by atoms with van der Waals surface area (Å²) in [5, 5.41) is 11.5. The fourth-order valence-corrected chi connectivity index (χ4v) is 1.30. The van der Waals surface area contributed by atoms with Gasteiger partial charge in [-0.05, 0) is 13.3 Å². The lowest BCUT2D eigenvalue weighted by Crippen LogP contribution is -2.38. The first-order valence-electron chi connectivity index (χ1n) is 5.68. The first kappa shape index (κ1) is 15.9. The molecule has 0 spiro atoms. The van der Waals surface area contributed by atoms with Crippen molar-refractivity contribution in [3.05, 3.63) is 0 Å². The molecular formula is C11H21NO5. The molecule has 0 rings (SSSR count). The third-order valence-electron chi connectivity index (χ3n) is 2.07. The van der Waals surface area contributed by atoms with Crippen LogP contribution in [-0.2, 0) is 19.1 Å². The van der Waals surface area contributed by atoms with Gasteiger partial charge in [-0.25, -0.2) is 0 Å². The van der Waals surface area contributed by atoms with E-state index in [2.05, 4.69) is 5.32 Å². The van der Waals surface area contributed by atoms with Crippen LogP contribution in [0.5, 0.6) is 0 Å². The van der Waals surface area contributed by atoms with Crippen LogP contribution >= 0.6 is 0 Å². The number of nitrogens with one attached hydrogen (secondary N) is 1. The predicted octanol–water partition coefficient (Wildman–Crippen LogP) is -0.157. The highest BCUT2D eigenvalue weighted by molar-refractivity contribution is 5.81. The lowest BCUT2D eigenvalue weighted by molar-refractivity contribution is -0.144. The summed E-state index contributed by atoms with van der Waals surface area (Å²) in [7, 11) is 1.52. The Balaban J connectivity index is 3.84. The molecule has 0 saturated heterocycles. The number of methoxy groups -OCH3 is 1. The van der Waals surface area contributed by atoms with Gasteiger partial charge in [0, 0.05) is 20.1 Å². The largest absolute Gasteiger partial charge is 0.466 e. The standard InChI is InChI=1S/C11H21NO5/c1-3-17-11(15)5-4-10(14)12-9(6-7-13)8-16-2/h9,13H,3-8H2,1-2H3,(H,12,14). The van der Waals surface area contributed by atoms with Gasteiger partial charge in [-0.1, -0.05) is 0 Å². The predicted molar refractivity (Wildman–Crippen MR) is 61.4 cm³/mol. The summed E-state index contributed by atoms with van der Waals surface area (Å²) < 4.78 is 9.61.